The highest BCUT2D eigenvalue weighted by Gasteiger charge is 2.10. The van der Waals surface area contributed by atoms with E-state index in [0.29, 0.717) is 19.3 Å². The lowest BCUT2D eigenvalue weighted by molar-refractivity contribution is 0.0658. The second-order valence-corrected chi connectivity index (χ2v) is 5.39. The van der Waals surface area contributed by atoms with Crippen LogP contribution >= 0.6 is 0 Å². The summed E-state index contributed by atoms with van der Waals surface area (Å²) < 4.78 is 10.6. The van der Waals surface area contributed by atoms with E-state index in [-0.39, 0.29) is 0 Å². The summed E-state index contributed by atoms with van der Waals surface area (Å²) in [5.74, 6) is 0. The van der Waals surface area contributed by atoms with Crippen molar-refractivity contribution in [3.8, 4) is 0 Å². The van der Waals surface area contributed by atoms with Crippen LogP contribution in [0, 0.1) is 0 Å². The van der Waals surface area contributed by atoms with Crippen molar-refractivity contribution in [3.05, 3.63) is 35.4 Å². The maximum atomic E-state index is 5.60. The predicted molar refractivity (Wildman–Crippen MR) is 88.8 cm³/mol. The van der Waals surface area contributed by atoms with Crippen LogP contribution in [-0.2, 0) is 15.9 Å². The molecule has 0 aliphatic rings. The molecule has 0 heterocycles. The standard InChI is InChI=1S/C18H31NO2/c1-4-6-16-7-9-17(10-8-16)18(19-12-5-2)11-13-21-15-14-20-3/h7-10,18-19H,4-6,11-15H2,1-3H3. The molecule has 1 unspecified atom stereocenters. The van der Waals surface area contributed by atoms with Gasteiger partial charge in [0, 0.05) is 19.8 Å². The topological polar surface area (TPSA) is 30.5 Å². The van der Waals surface area contributed by atoms with Crippen LogP contribution in [0.25, 0.3) is 0 Å². The summed E-state index contributed by atoms with van der Waals surface area (Å²) >= 11 is 0. The van der Waals surface area contributed by atoms with Gasteiger partial charge in [0.25, 0.3) is 0 Å². The zero-order valence-corrected chi connectivity index (χ0v) is 13.9. The Hall–Kier alpha value is -0.900. The number of hydrogen-bond donors (Lipinski definition) is 1. The maximum absolute atomic E-state index is 5.60. The van der Waals surface area contributed by atoms with Gasteiger partial charge in [-0.2, -0.15) is 0 Å². The Morgan fingerprint density at radius 3 is 2.38 bits per heavy atom. The van der Waals surface area contributed by atoms with Gasteiger partial charge in [-0.05, 0) is 36.9 Å². The second-order valence-electron chi connectivity index (χ2n) is 5.39. The van der Waals surface area contributed by atoms with Gasteiger partial charge in [-0.3, -0.25) is 0 Å². The summed E-state index contributed by atoms with van der Waals surface area (Å²) in [6, 6.07) is 9.40. The smallest absolute Gasteiger partial charge is 0.0700 e. The Morgan fingerprint density at radius 2 is 1.76 bits per heavy atom. The molecule has 0 bridgehead atoms. The molecule has 0 radical (unpaired) electrons. The van der Waals surface area contributed by atoms with Gasteiger partial charge in [-0.25, -0.2) is 0 Å². The number of aryl methyl sites for hydroxylation is 1. The van der Waals surface area contributed by atoms with Crippen LogP contribution in [0.3, 0.4) is 0 Å². The molecule has 120 valence electrons. The molecule has 0 aromatic heterocycles. The average molecular weight is 293 g/mol. The van der Waals surface area contributed by atoms with Gasteiger partial charge in [-0.15, -0.1) is 0 Å². The van der Waals surface area contributed by atoms with E-state index in [1.807, 2.05) is 0 Å². The minimum Gasteiger partial charge on any atom is -0.382 e. The van der Waals surface area contributed by atoms with Crippen LogP contribution < -0.4 is 5.32 Å². The van der Waals surface area contributed by atoms with E-state index in [1.165, 1.54) is 17.5 Å². The molecule has 0 spiro atoms. The minimum atomic E-state index is 0.378. The van der Waals surface area contributed by atoms with Crippen LogP contribution in [0.2, 0.25) is 0 Å². The molecule has 21 heavy (non-hydrogen) atoms. The lowest BCUT2D eigenvalue weighted by Gasteiger charge is -2.19. The number of methoxy groups -OCH3 is 1. The van der Waals surface area contributed by atoms with Crippen molar-refractivity contribution in [2.45, 2.75) is 45.6 Å². The van der Waals surface area contributed by atoms with Crippen molar-refractivity contribution in [1.82, 2.24) is 5.32 Å². The molecule has 0 aliphatic heterocycles. The predicted octanol–water partition coefficient (Wildman–Crippen LogP) is 3.73. The number of benzene rings is 1. The summed E-state index contributed by atoms with van der Waals surface area (Å²) in [7, 11) is 1.70. The summed E-state index contributed by atoms with van der Waals surface area (Å²) in [6.07, 6.45) is 4.50. The van der Waals surface area contributed by atoms with Gasteiger partial charge in [0.05, 0.1) is 13.2 Å². The van der Waals surface area contributed by atoms with Crippen molar-refractivity contribution in [2.75, 3.05) is 33.5 Å². The molecule has 0 saturated heterocycles. The van der Waals surface area contributed by atoms with E-state index in [9.17, 15) is 0 Å². The Morgan fingerprint density at radius 1 is 1.00 bits per heavy atom. The van der Waals surface area contributed by atoms with E-state index >= 15 is 0 Å². The molecule has 0 aliphatic carbocycles. The van der Waals surface area contributed by atoms with Crippen LogP contribution in [0.1, 0.15) is 50.3 Å². The van der Waals surface area contributed by atoms with Crippen molar-refractivity contribution >= 4 is 0 Å². The molecule has 0 fully saturated rings. The Balaban J connectivity index is 2.50. The van der Waals surface area contributed by atoms with Crippen molar-refractivity contribution in [1.29, 1.82) is 0 Å². The molecule has 1 aromatic carbocycles. The monoisotopic (exact) mass is 293 g/mol. The molecule has 3 heteroatoms. The lowest BCUT2D eigenvalue weighted by atomic mass is 10.0. The third-order valence-corrected chi connectivity index (χ3v) is 3.54. The van der Waals surface area contributed by atoms with Crippen molar-refractivity contribution in [2.24, 2.45) is 0 Å². The molecular formula is C18H31NO2. The Labute approximate surface area is 130 Å². The lowest BCUT2D eigenvalue weighted by Crippen LogP contribution is -2.23. The summed E-state index contributed by atoms with van der Waals surface area (Å²) in [5.41, 5.74) is 2.78. The minimum absolute atomic E-state index is 0.378. The summed E-state index contributed by atoms with van der Waals surface area (Å²) in [6.45, 7) is 7.56. The van der Waals surface area contributed by atoms with Crippen LogP contribution in [-0.4, -0.2) is 33.5 Å². The quantitative estimate of drug-likeness (QED) is 0.596. The molecule has 1 aromatic rings. The average Bonchev–Trinajstić information content (AvgIpc) is 2.51. The largest absolute Gasteiger partial charge is 0.382 e. The molecular weight excluding hydrogens is 262 g/mol. The Kier molecular flexibility index (Phi) is 10.1. The number of hydrogen-bond acceptors (Lipinski definition) is 3. The van der Waals surface area contributed by atoms with Gasteiger partial charge in [0.2, 0.25) is 0 Å². The molecule has 1 N–H and O–H groups in total. The van der Waals surface area contributed by atoms with Gasteiger partial charge >= 0.3 is 0 Å². The normalized spacial score (nSPS) is 12.5. The summed E-state index contributed by atoms with van der Waals surface area (Å²) in [5, 5.41) is 3.62. The van der Waals surface area contributed by atoms with Gasteiger partial charge < -0.3 is 14.8 Å². The third-order valence-electron chi connectivity index (χ3n) is 3.54. The van der Waals surface area contributed by atoms with E-state index in [2.05, 4.69) is 43.4 Å². The number of rotatable bonds is 12. The molecule has 1 atom stereocenters. The fourth-order valence-electron chi connectivity index (χ4n) is 2.36. The molecule has 0 amide bonds. The first-order chi connectivity index (χ1) is 10.3. The van der Waals surface area contributed by atoms with Crippen LogP contribution in [0.5, 0.6) is 0 Å². The van der Waals surface area contributed by atoms with Crippen LogP contribution in [0.15, 0.2) is 24.3 Å². The second kappa shape index (κ2) is 11.7. The summed E-state index contributed by atoms with van der Waals surface area (Å²) in [4.78, 5) is 0. The zero-order chi connectivity index (χ0) is 15.3. The first-order valence-corrected chi connectivity index (χ1v) is 8.20. The first kappa shape index (κ1) is 18.1. The SMILES string of the molecule is CCCNC(CCOCCOC)c1ccc(CCC)cc1. The molecule has 3 nitrogen and oxygen atoms in total. The fourth-order valence-corrected chi connectivity index (χ4v) is 2.36. The number of nitrogens with one attached hydrogen (secondary N) is 1. The van der Waals surface area contributed by atoms with Gasteiger partial charge in [-0.1, -0.05) is 44.5 Å². The highest BCUT2D eigenvalue weighted by molar-refractivity contribution is 5.25. The zero-order valence-electron chi connectivity index (χ0n) is 13.9. The van der Waals surface area contributed by atoms with Gasteiger partial charge in [0.1, 0.15) is 0 Å². The highest BCUT2D eigenvalue weighted by atomic mass is 16.5. The molecule has 0 saturated carbocycles. The van der Waals surface area contributed by atoms with Crippen LogP contribution in [0.4, 0.5) is 0 Å². The van der Waals surface area contributed by atoms with Gasteiger partial charge in [0.15, 0.2) is 0 Å². The molecule has 1 rings (SSSR count). The van der Waals surface area contributed by atoms with Crippen molar-refractivity contribution < 1.29 is 9.47 Å². The Bertz CT molecular complexity index is 351. The maximum Gasteiger partial charge on any atom is 0.0700 e. The first-order valence-electron chi connectivity index (χ1n) is 8.20. The third kappa shape index (κ3) is 7.60. The van der Waals surface area contributed by atoms with E-state index < -0.39 is 0 Å². The van der Waals surface area contributed by atoms with Crippen molar-refractivity contribution in [3.63, 3.8) is 0 Å². The van der Waals surface area contributed by atoms with E-state index in [1.54, 1.807) is 7.11 Å². The highest BCUT2D eigenvalue weighted by Crippen LogP contribution is 2.18. The fraction of sp³-hybridized carbons (Fsp3) is 0.667. The van der Waals surface area contributed by atoms with E-state index in [4.69, 9.17) is 9.47 Å². The number of ether oxygens (including phenoxy) is 2. The van der Waals surface area contributed by atoms with E-state index in [0.717, 1.165) is 32.4 Å².